The van der Waals surface area contributed by atoms with E-state index in [-0.39, 0.29) is 6.04 Å². The van der Waals surface area contributed by atoms with Crippen molar-refractivity contribution in [2.24, 2.45) is 5.73 Å². The molecular formula is C8H17N2O2-. The molecule has 0 bridgehead atoms. The lowest BCUT2D eigenvalue weighted by molar-refractivity contribution is -0.272. The first-order valence-corrected chi connectivity index (χ1v) is 4.01. The number of rotatable bonds is 2. The van der Waals surface area contributed by atoms with Gasteiger partial charge in [-0.1, -0.05) is 0 Å². The average molecular weight is 173 g/mol. The number of carboxylic acid groups (broad SMARTS) is 1. The number of amides is 1. The Bertz CT molecular complexity index is 163. The number of nitrogens with zero attached hydrogens (tertiary/aromatic N) is 1. The standard InChI is InChI=1S/C8H18N2O2/c1-6(5-9)10(7(11)12)8(2,3)4/h6H,5,9H2,1-4H3,(H,11,12)/p-1. The number of nitrogens with two attached hydrogens (primary N) is 1. The van der Waals surface area contributed by atoms with E-state index in [4.69, 9.17) is 5.73 Å². The second-order valence-electron chi connectivity index (χ2n) is 3.89. The second-order valence-corrected chi connectivity index (χ2v) is 3.89. The van der Waals surface area contributed by atoms with Crippen molar-refractivity contribution in [3.63, 3.8) is 0 Å². The quantitative estimate of drug-likeness (QED) is 0.627. The zero-order valence-corrected chi connectivity index (χ0v) is 8.13. The van der Waals surface area contributed by atoms with Gasteiger partial charge in [-0.05, 0) is 27.7 Å². The summed E-state index contributed by atoms with van der Waals surface area (Å²) in [5.41, 5.74) is 4.93. The summed E-state index contributed by atoms with van der Waals surface area (Å²) in [7, 11) is 0. The molecule has 1 amide bonds. The van der Waals surface area contributed by atoms with Gasteiger partial charge in [-0.15, -0.1) is 0 Å². The molecule has 0 aromatic heterocycles. The van der Waals surface area contributed by atoms with Gasteiger partial charge in [-0.25, -0.2) is 0 Å². The molecule has 0 radical (unpaired) electrons. The first-order valence-electron chi connectivity index (χ1n) is 4.01. The zero-order chi connectivity index (χ0) is 9.94. The third-order valence-corrected chi connectivity index (χ3v) is 1.70. The molecule has 0 aromatic rings. The van der Waals surface area contributed by atoms with Gasteiger partial charge < -0.3 is 20.5 Å². The summed E-state index contributed by atoms with van der Waals surface area (Å²) < 4.78 is 0. The molecule has 2 N–H and O–H groups in total. The van der Waals surface area contributed by atoms with Crippen molar-refractivity contribution < 1.29 is 9.90 Å². The van der Waals surface area contributed by atoms with Crippen LogP contribution in [0.15, 0.2) is 0 Å². The van der Waals surface area contributed by atoms with Gasteiger partial charge in [0, 0.05) is 18.1 Å². The van der Waals surface area contributed by atoms with Crippen molar-refractivity contribution in [2.75, 3.05) is 6.54 Å². The monoisotopic (exact) mass is 173 g/mol. The lowest BCUT2D eigenvalue weighted by atomic mass is 10.0. The van der Waals surface area contributed by atoms with E-state index in [9.17, 15) is 9.90 Å². The molecule has 0 aromatic carbocycles. The minimum atomic E-state index is -1.17. The summed E-state index contributed by atoms with van der Waals surface area (Å²) >= 11 is 0. The first kappa shape index (κ1) is 11.2. The zero-order valence-electron chi connectivity index (χ0n) is 8.13. The van der Waals surface area contributed by atoms with Crippen LogP contribution in [-0.2, 0) is 0 Å². The number of hydrogen-bond acceptors (Lipinski definition) is 3. The Labute approximate surface area is 73.3 Å². The molecule has 72 valence electrons. The summed E-state index contributed by atoms with van der Waals surface area (Å²) in [5, 5.41) is 10.7. The van der Waals surface area contributed by atoms with Crippen molar-refractivity contribution >= 4 is 6.09 Å². The maximum atomic E-state index is 10.7. The Morgan fingerprint density at radius 2 is 2.00 bits per heavy atom. The summed E-state index contributed by atoms with van der Waals surface area (Å²) in [4.78, 5) is 12.0. The van der Waals surface area contributed by atoms with Gasteiger partial charge in [0.15, 0.2) is 0 Å². The normalized spacial score (nSPS) is 14.1. The van der Waals surface area contributed by atoms with E-state index < -0.39 is 11.6 Å². The van der Waals surface area contributed by atoms with E-state index >= 15 is 0 Å². The molecule has 0 saturated carbocycles. The minimum Gasteiger partial charge on any atom is -0.530 e. The van der Waals surface area contributed by atoms with Crippen LogP contribution in [-0.4, -0.2) is 29.1 Å². The highest BCUT2D eigenvalue weighted by atomic mass is 16.4. The molecule has 0 aliphatic carbocycles. The van der Waals surface area contributed by atoms with Gasteiger partial charge in [-0.3, -0.25) is 0 Å². The van der Waals surface area contributed by atoms with Crippen LogP contribution in [0.2, 0.25) is 0 Å². The van der Waals surface area contributed by atoms with Gasteiger partial charge in [0.05, 0.1) is 0 Å². The summed E-state index contributed by atoms with van der Waals surface area (Å²) in [6, 6.07) is -0.199. The largest absolute Gasteiger partial charge is 0.530 e. The molecule has 1 unspecified atom stereocenters. The predicted octanol–water partition coefficient (Wildman–Crippen LogP) is -0.223. The lowest BCUT2D eigenvalue weighted by Crippen LogP contribution is -2.57. The van der Waals surface area contributed by atoms with Crippen LogP contribution in [0.4, 0.5) is 4.79 Å². The summed E-state index contributed by atoms with van der Waals surface area (Å²) in [6.07, 6.45) is -1.17. The van der Waals surface area contributed by atoms with Crippen LogP contribution in [0, 0.1) is 0 Å². The van der Waals surface area contributed by atoms with Crippen molar-refractivity contribution in [3.05, 3.63) is 0 Å². The number of hydrogen-bond donors (Lipinski definition) is 1. The van der Waals surface area contributed by atoms with Gasteiger partial charge in [0.1, 0.15) is 6.09 Å². The van der Waals surface area contributed by atoms with Crippen LogP contribution in [0.3, 0.4) is 0 Å². The Kier molecular flexibility index (Phi) is 3.52. The van der Waals surface area contributed by atoms with Crippen LogP contribution in [0.1, 0.15) is 27.7 Å². The van der Waals surface area contributed by atoms with Gasteiger partial charge in [0.2, 0.25) is 0 Å². The fourth-order valence-electron chi connectivity index (χ4n) is 1.22. The fraction of sp³-hybridized carbons (Fsp3) is 0.875. The van der Waals surface area contributed by atoms with Crippen LogP contribution < -0.4 is 10.8 Å². The van der Waals surface area contributed by atoms with E-state index in [0.717, 1.165) is 0 Å². The highest BCUT2D eigenvalue weighted by Gasteiger charge is 2.24. The van der Waals surface area contributed by atoms with Crippen molar-refractivity contribution in [3.8, 4) is 0 Å². The minimum absolute atomic E-state index is 0.199. The summed E-state index contributed by atoms with van der Waals surface area (Å²) in [6.45, 7) is 7.52. The van der Waals surface area contributed by atoms with Crippen molar-refractivity contribution in [1.82, 2.24) is 4.90 Å². The molecule has 1 atom stereocenters. The molecule has 0 aliphatic heterocycles. The van der Waals surface area contributed by atoms with Crippen molar-refractivity contribution in [1.29, 1.82) is 0 Å². The fourth-order valence-corrected chi connectivity index (χ4v) is 1.22. The highest BCUT2D eigenvalue weighted by Crippen LogP contribution is 2.15. The van der Waals surface area contributed by atoms with Crippen LogP contribution in [0.25, 0.3) is 0 Å². The van der Waals surface area contributed by atoms with Crippen molar-refractivity contribution in [2.45, 2.75) is 39.3 Å². The van der Waals surface area contributed by atoms with E-state index in [1.165, 1.54) is 4.90 Å². The van der Waals surface area contributed by atoms with Crippen LogP contribution >= 0.6 is 0 Å². The van der Waals surface area contributed by atoms with E-state index in [1.54, 1.807) is 6.92 Å². The Hall–Kier alpha value is -0.770. The average Bonchev–Trinajstić information content (AvgIpc) is 1.83. The van der Waals surface area contributed by atoms with Crippen LogP contribution in [0.5, 0.6) is 0 Å². The molecule has 0 fully saturated rings. The molecule has 0 saturated heterocycles. The smallest absolute Gasteiger partial charge is 0.137 e. The van der Waals surface area contributed by atoms with Gasteiger partial charge >= 0.3 is 0 Å². The third kappa shape index (κ3) is 2.70. The number of carbonyl (C=O) groups excluding carboxylic acids is 1. The maximum absolute atomic E-state index is 10.7. The van der Waals surface area contributed by atoms with Gasteiger partial charge in [-0.2, -0.15) is 0 Å². The molecule has 0 heterocycles. The van der Waals surface area contributed by atoms with E-state index in [0.29, 0.717) is 6.54 Å². The third-order valence-electron chi connectivity index (χ3n) is 1.70. The molecule has 12 heavy (non-hydrogen) atoms. The highest BCUT2D eigenvalue weighted by molar-refractivity contribution is 5.64. The Morgan fingerprint density at radius 1 is 1.58 bits per heavy atom. The second kappa shape index (κ2) is 3.76. The first-order chi connectivity index (χ1) is 5.30. The Balaban J connectivity index is 4.56. The van der Waals surface area contributed by atoms with E-state index in [2.05, 4.69) is 0 Å². The predicted molar refractivity (Wildman–Crippen MR) is 45.5 cm³/mol. The SMILES string of the molecule is CC(CN)N(C(=O)[O-])C(C)(C)C. The lowest BCUT2D eigenvalue weighted by Gasteiger charge is -2.42. The van der Waals surface area contributed by atoms with Gasteiger partial charge in [0.25, 0.3) is 0 Å². The molecule has 0 spiro atoms. The molecule has 0 rings (SSSR count). The number of carbonyl (C=O) groups is 1. The topological polar surface area (TPSA) is 69.4 Å². The summed E-state index contributed by atoms with van der Waals surface area (Å²) in [5.74, 6) is 0. The Morgan fingerprint density at radius 3 is 2.08 bits per heavy atom. The van der Waals surface area contributed by atoms with E-state index in [1.807, 2.05) is 20.8 Å². The maximum Gasteiger partial charge on any atom is 0.137 e. The molecule has 4 nitrogen and oxygen atoms in total. The molecular weight excluding hydrogens is 156 g/mol. The molecule has 4 heteroatoms. The molecule has 0 aliphatic rings.